The number of nitrogens with zero attached hydrogens (tertiary/aromatic N) is 4. The molecule has 8 heteroatoms. The molecule has 3 aromatic heterocycles. The second-order valence-electron chi connectivity index (χ2n) is 5.24. The predicted octanol–water partition coefficient (Wildman–Crippen LogP) is 2.14. The van der Waals surface area contributed by atoms with Crippen LogP contribution in [0.5, 0.6) is 0 Å². The average Bonchev–Trinajstić information content (AvgIpc) is 3.33. The van der Waals surface area contributed by atoms with E-state index < -0.39 is 0 Å². The van der Waals surface area contributed by atoms with Gasteiger partial charge in [-0.1, -0.05) is 17.3 Å². The van der Waals surface area contributed by atoms with Crippen molar-refractivity contribution in [2.45, 2.75) is 12.8 Å². The van der Waals surface area contributed by atoms with Gasteiger partial charge in [0, 0.05) is 37.6 Å². The highest BCUT2D eigenvalue weighted by atomic mass is 32.1. The van der Waals surface area contributed by atoms with E-state index in [1.807, 2.05) is 18.2 Å². The van der Waals surface area contributed by atoms with Crippen molar-refractivity contribution in [3.8, 4) is 11.6 Å². The summed E-state index contributed by atoms with van der Waals surface area (Å²) in [6.45, 7) is 1.51. The molecule has 0 saturated heterocycles. The first kappa shape index (κ1) is 17.1. The van der Waals surface area contributed by atoms with Gasteiger partial charge in [-0.2, -0.15) is 4.98 Å². The molecular weight excluding hydrogens is 336 g/mol. The van der Waals surface area contributed by atoms with Crippen LogP contribution in [-0.4, -0.2) is 41.2 Å². The van der Waals surface area contributed by atoms with Crippen molar-refractivity contribution in [3.63, 3.8) is 0 Å². The second-order valence-corrected chi connectivity index (χ2v) is 6.27. The Morgan fingerprint density at radius 1 is 1.16 bits per heavy atom. The van der Waals surface area contributed by atoms with Crippen LogP contribution >= 0.6 is 11.3 Å². The largest absolute Gasteiger partial charge is 0.356 e. The van der Waals surface area contributed by atoms with Crippen molar-refractivity contribution < 1.29 is 4.52 Å². The van der Waals surface area contributed by atoms with Gasteiger partial charge in [0.1, 0.15) is 5.69 Å². The predicted molar refractivity (Wildman–Crippen MR) is 98.6 cm³/mol. The molecule has 0 unspecified atom stereocenters. The van der Waals surface area contributed by atoms with Crippen LogP contribution in [0, 0.1) is 0 Å². The maximum atomic E-state index is 5.24. The first-order valence-corrected chi connectivity index (χ1v) is 8.94. The number of thiophene rings is 1. The van der Waals surface area contributed by atoms with Crippen molar-refractivity contribution in [2.24, 2.45) is 4.99 Å². The maximum Gasteiger partial charge on any atom is 0.276 e. The van der Waals surface area contributed by atoms with E-state index in [9.17, 15) is 0 Å². The topological polar surface area (TPSA) is 88.2 Å². The highest BCUT2D eigenvalue weighted by molar-refractivity contribution is 7.09. The molecule has 7 nitrogen and oxygen atoms in total. The zero-order valence-corrected chi connectivity index (χ0v) is 14.8. The number of nitrogens with one attached hydrogen (secondary N) is 2. The third-order valence-corrected chi connectivity index (χ3v) is 4.40. The number of guanidine groups is 1. The van der Waals surface area contributed by atoms with Gasteiger partial charge >= 0.3 is 0 Å². The molecule has 2 N–H and O–H groups in total. The second kappa shape index (κ2) is 8.93. The Balaban J connectivity index is 1.41. The summed E-state index contributed by atoms with van der Waals surface area (Å²) in [4.78, 5) is 14.1. The summed E-state index contributed by atoms with van der Waals surface area (Å²) in [5.41, 5.74) is 0.681. The van der Waals surface area contributed by atoms with E-state index in [0.29, 0.717) is 30.4 Å². The van der Waals surface area contributed by atoms with Gasteiger partial charge in [-0.25, -0.2) is 0 Å². The van der Waals surface area contributed by atoms with Crippen LogP contribution in [0.1, 0.15) is 10.7 Å². The Morgan fingerprint density at radius 2 is 2.04 bits per heavy atom. The quantitative estimate of drug-likeness (QED) is 0.498. The number of pyridine rings is 1. The smallest absolute Gasteiger partial charge is 0.276 e. The van der Waals surface area contributed by atoms with Gasteiger partial charge in [-0.05, 0) is 30.0 Å². The minimum absolute atomic E-state index is 0.439. The number of rotatable bonds is 7. The van der Waals surface area contributed by atoms with Gasteiger partial charge in [0.15, 0.2) is 11.8 Å². The molecule has 0 aliphatic heterocycles. The summed E-state index contributed by atoms with van der Waals surface area (Å²) in [7, 11) is 1.76. The van der Waals surface area contributed by atoms with E-state index in [4.69, 9.17) is 4.52 Å². The Labute approximate surface area is 150 Å². The fourth-order valence-electron chi connectivity index (χ4n) is 2.22. The molecule has 0 aromatic carbocycles. The van der Waals surface area contributed by atoms with Gasteiger partial charge in [-0.15, -0.1) is 11.3 Å². The Morgan fingerprint density at radius 3 is 2.76 bits per heavy atom. The Bertz CT molecular complexity index is 785. The number of aromatic nitrogens is 3. The summed E-state index contributed by atoms with van der Waals surface area (Å²) in [6, 6.07) is 9.78. The molecule has 3 rings (SSSR count). The molecule has 0 aliphatic rings. The fourth-order valence-corrected chi connectivity index (χ4v) is 2.93. The molecule has 0 spiro atoms. The van der Waals surface area contributed by atoms with E-state index in [1.54, 1.807) is 24.6 Å². The van der Waals surface area contributed by atoms with E-state index in [1.165, 1.54) is 4.88 Å². The van der Waals surface area contributed by atoms with E-state index in [0.717, 1.165) is 18.9 Å². The van der Waals surface area contributed by atoms with Crippen LogP contribution in [0.25, 0.3) is 11.6 Å². The lowest BCUT2D eigenvalue weighted by Gasteiger charge is -2.10. The average molecular weight is 356 g/mol. The SMILES string of the molecule is CN=C(NCCc1noc(-c2ccccn2)n1)NCCc1cccs1. The van der Waals surface area contributed by atoms with Crippen LogP contribution in [0.2, 0.25) is 0 Å². The maximum absolute atomic E-state index is 5.24. The normalized spacial score (nSPS) is 11.5. The number of aliphatic imine (C=N–C) groups is 1. The van der Waals surface area contributed by atoms with Crippen LogP contribution in [0.15, 0.2) is 51.4 Å². The van der Waals surface area contributed by atoms with Crippen molar-refractivity contribution in [2.75, 3.05) is 20.1 Å². The molecule has 0 atom stereocenters. The summed E-state index contributed by atoms with van der Waals surface area (Å²) in [5, 5.41) is 12.6. The summed E-state index contributed by atoms with van der Waals surface area (Å²) in [6.07, 6.45) is 3.32. The highest BCUT2D eigenvalue weighted by Crippen LogP contribution is 2.13. The zero-order chi connectivity index (χ0) is 17.3. The first-order chi connectivity index (χ1) is 12.3. The minimum atomic E-state index is 0.439. The molecular formula is C17H20N6OS. The Hall–Kier alpha value is -2.74. The van der Waals surface area contributed by atoms with Crippen molar-refractivity contribution in [3.05, 3.63) is 52.6 Å². The zero-order valence-electron chi connectivity index (χ0n) is 14.0. The molecule has 3 aromatic rings. The lowest BCUT2D eigenvalue weighted by Crippen LogP contribution is -2.39. The van der Waals surface area contributed by atoms with Crippen LogP contribution < -0.4 is 10.6 Å². The van der Waals surface area contributed by atoms with Gasteiger partial charge in [0.2, 0.25) is 0 Å². The van der Waals surface area contributed by atoms with Crippen molar-refractivity contribution in [1.82, 2.24) is 25.8 Å². The lowest BCUT2D eigenvalue weighted by molar-refractivity contribution is 0.421. The molecule has 0 radical (unpaired) electrons. The van der Waals surface area contributed by atoms with E-state index in [2.05, 4.69) is 48.3 Å². The summed E-state index contributed by atoms with van der Waals surface area (Å²) >= 11 is 1.77. The molecule has 0 bridgehead atoms. The van der Waals surface area contributed by atoms with Crippen molar-refractivity contribution in [1.29, 1.82) is 0 Å². The first-order valence-electron chi connectivity index (χ1n) is 8.06. The molecule has 0 fully saturated rings. The van der Waals surface area contributed by atoms with Gasteiger partial charge in [0.25, 0.3) is 5.89 Å². The summed E-state index contributed by atoms with van der Waals surface area (Å²) < 4.78 is 5.24. The fraction of sp³-hybridized carbons (Fsp3) is 0.294. The van der Waals surface area contributed by atoms with Crippen molar-refractivity contribution >= 4 is 17.3 Å². The molecule has 0 saturated carbocycles. The standard InChI is InChI=1S/C17H20N6OS/c1-18-17(20-10-7-13-5-4-12-25-13)21-11-8-15-22-16(24-23-15)14-6-2-3-9-19-14/h2-6,9,12H,7-8,10-11H2,1H3,(H2,18,20,21). The minimum Gasteiger partial charge on any atom is -0.356 e. The Kier molecular flexibility index (Phi) is 6.11. The molecule has 3 heterocycles. The van der Waals surface area contributed by atoms with Crippen LogP contribution in [0.3, 0.4) is 0 Å². The van der Waals surface area contributed by atoms with E-state index >= 15 is 0 Å². The number of hydrogen-bond acceptors (Lipinski definition) is 6. The molecule has 25 heavy (non-hydrogen) atoms. The summed E-state index contributed by atoms with van der Waals surface area (Å²) in [5.74, 6) is 1.85. The molecule has 130 valence electrons. The third kappa shape index (κ3) is 5.12. The number of hydrogen-bond donors (Lipinski definition) is 2. The highest BCUT2D eigenvalue weighted by Gasteiger charge is 2.09. The van der Waals surface area contributed by atoms with Gasteiger partial charge < -0.3 is 15.2 Å². The van der Waals surface area contributed by atoms with Gasteiger partial charge in [0.05, 0.1) is 0 Å². The molecule has 0 aliphatic carbocycles. The third-order valence-electron chi connectivity index (χ3n) is 3.46. The van der Waals surface area contributed by atoms with Gasteiger partial charge in [-0.3, -0.25) is 9.98 Å². The van der Waals surface area contributed by atoms with Crippen LogP contribution in [-0.2, 0) is 12.8 Å². The monoisotopic (exact) mass is 356 g/mol. The van der Waals surface area contributed by atoms with E-state index in [-0.39, 0.29) is 0 Å². The molecule has 0 amide bonds. The lowest BCUT2D eigenvalue weighted by atomic mass is 10.3. The van der Waals surface area contributed by atoms with Crippen LogP contribution in [0.4, 0.5) is 0 Å².